The molecule has 0 spiro atoms. The van der Waals surface area contributed by atoms with Crippen molar-refractivity contribution in [3.8, 4) is 0 Å². The fourth-order valence-corrected chi connectivity index (χ4v) is 5.09. The summed E-state index contributed by atoms with van der Waals surface area (Å²) < 4.78 is 14.7. The Balaban J connectivity index is 1.92. The maximum atomic E-state index is 6.34. The van der Waals surface area contributed by atoms with Crippen LogP contribution in [0.1, 0.15) is 0 Å². The van der Waals surface area contributed by atoms with Crippen LogP contribution in [0, 0.1) is 0 Å². The van der Waals surface area contributed by atoms with E-state index < -0.39 is 0 Å². The van der Waals surface area contributed by atoms with Crippen LogP contribution in [-0.2, 0) is 0 Å². The molecule has 3 aromatic carbocycles. The van der Waals surface area contributed by atoms with Crippen LogP contribution in [-0.4, -0.2) is 9.38 Å². The molecule has 1 N–H and O–H groups in total. The predicted octanol–water partition coefficient (Wildman–Crippen LogP) is 6.81. The molecule has 0 aliphatic rings. The van der Waals surface area contributed by atoms with Gasteiger partial charge >= 0.3 is 0 Å². The van der Waals surface area contributed by atoms with Crippen LogP contribution in [0.3, 0.4) is 0 Å². The van der Waals surface area contributed by atoms with Gasteiger partial charge in [0.15, 0.2) is 11.2 Å². The molecule has 4 heteroatoms. The van der Waals surface area contributed by atoms with Crippen LogP contribution in [0.4, 0.5) is 0 Å². The Kier molecular flexibility index (Phi) is 1.97. The van der Waals surface area contributed by atoms with E-state index in [9.17, 15) is 0 Å². The Morgan fingerprint density at radius 1 is 0.679 bits per heavy atom. The summed E-state index contributed by atoms with van der Waals surface area (Å²) in [6.07, 6.45) is 1.78. The Morgan fingerprint density at radius 3 is 2.57 bits per heavy atom. The molecule has 0 aliphatic heterocycles. The quantitative estimate of drug-likeness (QED) is 0.323. The van der Waals surface area contributed by atoms with Crippen LogP contribution in [0.25, 0.3) is 71.3 Å². The minimum atomic E-state index is 0.895. The van der Waals surface area contributed by atoms with Gasteiger partial charge in [0.1, 0.15) is 11.1 Å². The second-order valence-electron chi connectivity index (χ2n) is 7.48. The number of aromatic nitrogens is 2. The fourth-order valence-electron chi connectivity index (χ4n) is 5.09. The van der Waals surface area contributed by atoms with E-state index >= 15 is 0 Å². The molecule has 0 bridgehead atoms. The summed E-state index contributed by atoms with van der Waals surface area (Å²) in [6, 6.07) is 21.0. The highest BCUT2D eigenvalue weighted by Crippen LogP contribution is 2.45. The zero-order chi connectivity index (χ0) is 18.0. The molecule has 0 fully saturated rings. The Labute approximate surface area is 156 Å². The van der Waals surface area contributed by atoms with Gasteiger partial charge in [-0.3, -0.25) is 0 Å². The van der Waals surface area contributed by atoms with E-state index in [0.717, 1.165) is 55.0 Å². The third kappa shape index (κ3) is 1.26. The first-order valence-electron chi connectivity index (χ1n) is 9.37. The van der Waals surface area contributed by atoms with Crippen LogP contribution in [0.5, 0.6) is 0 Å². The third-order valence-corrected chi connectivity index (χ3v) is 6.15. The van der Waals surface area contributed by atoms with E-state index in [1.54, 1.807) is 6.26 Å². The number of hydrogen-bond acceptors (Lipinski definition) is 2. The van der Waals surface area contributed by atoms with Gasteiger partial charge in [0.05, 0.1) is 17.3 Å². The van der Waals surface area contributed by atoms with E-state index in [1.807, 2.05) is 12.1 Å². The predicted molar refractivity (Wildman–Crippen MR) is 113 cm³/mol. The second-order valence-corrected chi connectivity index (χ2v) is 7.48. The van der Waals surface area contributed by atoms with Gasteiger partial charge in [-0.2, -0.15) is 0 Å². The molecular formula is C24H12N2O2. The zero-order valence-electron chi connectivity index (χ0n) is 14.6. The van der Waals surface area contributed by atoms with Gasteiger partial charge in [-0.05, 0) is 30.3 Å². The molecule has 5 aromatic heterocycles. The van der Waals surface area contributed by atoms with Crippen molar-refractivity contribution < 1.29 is 8.83 Å². The first kappa shape index (κ1) is 13.3. The summed E-state index contributed by atoms with van der Waals surface area (Å²) in [5.41, 5.74) is 8.32. The lowest BCUT2D eigenvalue weighted by molar-refractivity contribution is 0.619. The summed E-state index contributed by atoms with van der Waals surface area (Å²) in [6.45, 7) is 0. The molecule has 0 saturated carbocycles. The largest absolute Gasteiger partial charge is 0.462 e. The first-order chi connectivity index (χ1) is 13.9. The number of nitrogens with zero attached hydrogens (tertiary/aromatic N) is 1. The molecule has 4 nitrogen and oxygen atoms in total. The van der Waals surface area contributed by atoms with Crippen molar-refractivity contribution in [2.45, 2.75) is 0 Å². The standard InChI is InChI=1S/C24H12N2O2/c1-2-7-18-12(4-1)22-24(28-18)14-8-9-16-20-19-13(5-3-6-15(19)25-16)23-17(10-11-27-23)26(22)21(14)20/h1-11,25H. The summed E-state index contributed by atoms with van der Waals surface area (Å²) in [7, 11) is 0. The van der Waals surface area contributed by atoms with E-state index in [4.69, 9.17) is 8.83 Å². The monoisotopic (exact) mass is 360 g/mol. The van der Waals surface area contributed by atoms with Gasteiger partial charge in [0.2, 0.25) is 0 Å². The summed E-state index contributed by atoms with van der Waals surface area (Å²) in [4.78, 5) is 3.58. The number of furan rings is 2. The number of H-pyrrole nitrogens is 1. The fraction of sp³-hybridized carbons (Fsp3) is 0. The summed E-state index contributed by atoms with van der Waals surface area (Å²) in [5.74, 6) is 0. The lowest BCUT2D eigenvalue weighted by Gasteiger charge is -1.98. The molecule has 8 rings (SSSR count). The van der Waals surface area contributed by atoms with Gasteiger partial charge in [-0.15, -0.1) is 0 Å². The number of aromatic amines is 1. The molecular weight excluding hydrogens is 348 g/mol. The van der Waals surface area contributed by atoms with Crippen LogP contribution >= 0.6 is 0 Å². The van der Waals surface area contributed by atoms with Crippen molar-refractivity contribution in [1.29, 1.82) is 0 Å². The Hall–Kier alpha value is -3.92. The number of nitrogens with one attached hydrogen (secondary N) is 1. The number of rotatable bonds is 0. The minimum absolute atomic E-state index is 0.895. The van der Waals surface area contributed by atoms with Crippen molar-refractivity contribution in [2.24, 2.45) is 0 Å². The second kappa shape index (κ2) is 4.15. The van der Waals surface area contributed by atoms with Crippen LogP contribution in [0.2, 0.25) is 0 Å². The first-order valence-corrected chi connectivity index (χ1v) is 9.37. The molecule has 28 heavy (non-hydrogen) atoms. The van der Waals surface area contributed by atoms with Crippen LogP contribution < -0.4 is 0 Å². The molecule has 0 aliphatic carbocycles. The topological polar surface area (TPSA) is 46.5 Å². The average Bonchev–Trinajstić information content (AvgIpc) is 3.45. The Bertz CT molecular complexity index is 1870. The highest BCUT2D eigenvalue weighted by molar-refractivity contribution is 6.32. The van der Waals surface area contributed by atoms with Crippen molar-refractivity contribution in [2.75, 3.05) is 0 Å². The van der Waals surface area contributed by atoms with Gasteiger partial charge in [0, 0.05) is 44.0 Å². The molecule has 0 amide bonds. The molecule has 130 valence electrons. The van der Waals surface area contributed by atoms with Gasteiger partial charge in [-0.25, -0.2) is 0 Å². The average molecular weight is 360 g/mol. The zero-order valence-corrected chi connectivity index (χ0v) is 14.6. The van der Waals surface area contributed by atoms with Crippen molar-refractivity contribution in [1.82, 2.24) is 9.38 Å². The molecule has 0 saturated heterocycles. The molecule has 0 radical (unpaired) electrons. The van der Waals surface area contributed by atoms with E-state index in [2.05, 4.69) is 57.9 Å². The lowest BCUT2D eigenvalue weighted by Crippen LogP contribution is -1.83. The summed E-state index contributed by atoms with van der Waals surface area (Å²) in [5, 5.41) is 5.81. The molecule has 8 aromatic rings. The molecule has 5 heterocycles. The number of para-hydroxylation sites is 1. The van der Waals surface area contributed by atoms with E-state index in [1.165, 1.54) is 16.3 Å². The third-order valence-electron chi connectivity index (χ3n) is 6.15. The number of benzene rings is 3. The van der Waals surface area contributed by atoms with E-state index in [0.29, 0.717) is 0 Å². The molecule has 0 atom stereocenters. The highest BCUT2D eigenvalue weighted by Gasteiger charge is 2.23. The SMILES string of the molecule is c1ccc2c(c1)oc1c3ccc4[nH]c5cccc6c7occc7n(c21)c3c4c56. The highest BCUT2D eigenvalue weighted by atomic mass is 16.3. The summed E-state index contributed by atoms with van der Waals surface area (Å²) >= 11 is 0. The van der Waals surface area contributed by atoms with Crippen molar-refractivity contribution >= 4 is 71.3 Å². The van der Waals surface area contributed by atoms with Crippen molar-refractivity contribution in [3.05, 3.63) is 66.9 Å². The maximum Gasteiger partial charge on any atom is 0.161 e. The minimum Gasteiger partial charge on any atom is -0.462 e. The van der Waals surface area contributed by atoms with Crippen molar-refractivity contribution in [3.63, 3.8) is 0 Å². The van der Waals surface area contributed by atoms with E-state index in [-0.39, 0.29) is 0 Å². The van der Waals surface area contributed by atoms with Gasteiger partial charge in [0.25, 0.3) is 0 Å². The Morgan fingerprint density at radius 2 is 1.57 bits per heavy atom. The number of fused-ring (bicyclic) bond motifs is 8. The van der Waals surface area contributed by atoms with Gasteiger partial charge < -0.3 is 18.2 Å². The lowest BCUT2D eigenvalue weighted by atomic mass is 10.1. The smallest absolute Gasteiger partial charge is 0.161 e. The molecule has 0 unspecified atom stereocenters. The van der Waals surface area contributed by atoms with Crippen LogP contribution in [0.15, 0.2) is 75.8 Å². The maximum absolute atomic E-state index is 6.34. The number of hydrogen-bond donors (Lipinski definition) is 1. The normalized spacial score (nSPS) is 13.0. The van der Waals surface area contributed by atoms with Gasteiger partial charge in [-0.1, -0.05) is 24.3 Å².